The van der Waals surface area contributed by atoms with Crippen molar-refractivity contribution < 1.29 is 14.3 Å². The molecular weight excluding hydrogens is 196 g/mol. The fourth-order valence-electron chi connectivity index (χ4n) is 1.31. The molecule has 0 aliphatic carbocycles. The van der Waals surface area contributed by atoms with E-state index in [9.17, 15) is 0 Å². The number of nitrogen functional groups attached to an aromatic ring is 1. The summed E-state index contributed by atoms with van der Waals surface area (Å²) in [5.74, 6) is 6.16. The summed E-state index contributed by atoms with van der Waals surface area (Å²) < 4.78 is 10.3. The molecule has 0 aliphatic rings. The van der Waals surface area contributed by atoms with Crippen molar-refractivity contribution in [1.82, 2.24) is 0 Å². The molecule has 5 nitrogen and oxygen atoms in total. The normalized spacial score (nSPS) is 10.1. The lowest BCUT2D eigenvalue weighted by Gasteiger charge is -2.11. The van der Waals surface area contributed by atoms with Crippen molar-refractivity contribution in [1.29, 1.82) is 0 Å². The van der Waals surface area contributed by atoms with Gasteiger partial charge in [-0.05, 0) is 24.1 Å². The Labute approximate surface area is 88.9 Å². The van der Waals surface area contributed by atoms with Gasteiger partial charge in [0.15, 0.2) is 0 Å². The zero-order valence-electron chi connectivity index (χ0n) is 8.95. The molecule has 84 valence electrons. The van der Waals surface area contributed by atoms with Crippen LogP contribution in [0.3, 0.4) is 0 Å². The third-order valence-corrected chi connectivity index (χ3v) is 2.11. The number of anilines is 1. The van der Waals surface area contributed by atoms with Crippen molar-refractivity contribution >= 4 is 5.69 Å². The number of hydrogen-bond acceptors (Lipinski definition) is 5. The number of ether oxygens (including phenoxy) is 2. The monoisotopic (exact) mass is 212 g/mol. The Bertz CT molecular complexity index is 303. The van der Waals surface area contributed by atoms with Gasteiger partial charge in [-0.1, -0.05) is 0 Å². The van der Waals surface area contributed by atoms with E-state index in [1.807, 2.05) is 12.1 Å². The number of rotatable bonds is 5. The lowest BCUT2D eigenvalue weighted by Crippen LogP contribution is -2.05. The van der Waals surface area contributed by atoms with E-state index in [0.29, 0.717) is 30.2 Å². The van der Waals surface area contributed by atoms with Crippen molar-refractivity contribution in [3.05, 3.63) is 17.7 Å². The number of benzene rings is 1. The van der Waals surface area contributed by atoms with Gasteiger partial charge in [0.2, 0.25) is 0 Å². The Hall–Kier alpha value is -1.46. The molecule has 0 saturated heterocycles. The Morgan fingerprint density at radius 2 is 1.67 bits per heavy atom. The molecule has 0 heterocycles. The van der Waals surface area contributed by atoms with Crippen LogP contribution < -0.4 is 21.1 Å². The van der Waals surface area contributed by atoms with Crippen LogP contribution >= 0.6 is 0 Å². The third-order valence-electron chi connectivity index (χ3n) is 2.11. The second kappa shape index (κ2) is 5.43. The van der Waals surface area contributed by atoms with Gasteiger partial charge in [0, 0.05) is 0 Å². The minimum atomic E-state index is 0.441. The molecular formula is C10H16N2O3. The Morgan fingerprint density at radius 3 is 2.07 bits per heavy atom. The summed E-state index contributed by atoms with van der Waals surface area (Å²) in [6.45, 7) is 0.441. The van der Waals surface area contributed by atoms with Crippen LogP contribution in [0.25, 0.3) is 0 Å². The molecule has 0 amide bonds. The van der Waals surface area contributed by atoms with Crippen LogP contribution in [0.15, 0.2) is 12.1 Å². The Balaban J connectivity index is 2.98. The highest BCUT2D eigenvalue weighted by molar-refractivity contribution is 5.64. The third kappa shape index (κ3) is 2.74. The molecule has 1 aromatic carbocycles. The van der Waals surface area contributed by atoms with Crippen LogP contribution in [0.5, 0.6) is 11.5 Å². The van der Waals surface area contributed by atoms with E-state index in [1.54, 1.807) is 14.2 Å². The molecule has 0 unspecified atom stereocenters. The Kier molecular flexibility index (Phi) is 4.20. The molecule has 0 saturated carbocycles. The maximum absolute atomic E-state index is 5.80. The SMILES string of the molecule is COc1cc(CCON)cc(OC)c1N. The molecule has 0 fully saturated rings. The topological polar surface area (TPSA) is 79.7 Å². The highest BCUT2D eigenvalue weighted by atomic mass is 16.6. The molecule has 0 bridgehead atoms. The van der Waals surface area contributed by atoms with E-state index in [1.165, 1.54) is 0 Å². The quantitative estimate of drug-likeness (QED) is 0.555. The van der Waals surface area contributed by atoms with Crippen molar-refractivity contribution in [3.8, 4) is 11.5 Å². The van der Waals surface area contributed by atoms with Gasteiger partial charge in [0.05, 0.1) is 20.8 Å². The van der Waals surface area contributed by atoms with Gasteiger partial charge in [-0.3, -0.25) is 0 Å². The second-order valence-electron chi connectivity index (χ2n) is 3.03. The Morgan fingerprint density at radius 1 is 1.13 bits per heavy atom. The minimum Gasteiger partial charge on any atom is -0.494 e. The van der Waals surface area contributed by atoms with Gasteiger partial charge in [-0.2, -0.15) is 0 Å². The number of hydrogen-bond donors (Lipinski definition) is 2. The molecule has 1 rings (SSSR count). The van der Waals surface area contributed by atoms with E-state index < -0.39 is 0 Å². The highest BCUT2D eigenvalue weighted by Gasteiger charge is 2.08. The second-order valence-corrected chi connectivity index (χ2v) is 3.03. The average Bonchev–Trinajstić information content (AvgIpc) is 2.27. The molecule has 5 heteroatoms. The molecule has 0 radical (unpaired) electrons. The first-order chi connectivity index (χ1) is 7.22. The number of methoxy groups -OCH3 is 2. The molecule has 0 aromatic heterocycles. The van der Waals surface area contributed by atoms with Crippen molar-refractivity contribution in [2.75, 3.05) is 26.6 Å². The summed E-state index contributed by atoms with van der Waals surface area (Å²) in [6.07, 6.45) is 0.684. The van der Waals surface area contributed by atoms with Crippen LogP contribution in [0.2, 0.25) is 0 Å². The van der Waals surface area contributed by atoms with E-state index in [4.69, 9.17) is 21.1 Å². The fraction of sp³-hybridized carbons (Fsp3) is 0.400. The lowest BCUT2D eigenvalue weighted by atomic mass is 10.1. The van der Waals surface area contributed by atoms with Gasteiger partial charge in [0.25, 0.3) is 0 Å². The number of nitrogens with two attached hydrogens (primary N) is 2. The van der Waals surface area contributed by atoms with Crippen molar-refractivity contribution in [3.63, 3.8) is 0 Å². The highest BCUT2D eigenvalue weighted by Crippen LogP contribution is 2.33. The predicted octanol–water partition coefficient (Wildman–Crippen LogP) is 0.719. The van der Waals surface area contributed by atoms with Crippen LogP contribution in [-0.2, 0) is 11.3 Å². The predicted molar refractivity (Wildman–Crippen MR) is 57.8 cm³/mol. The minimum absolute atomic E-state index is 0.441. The van der Waals surface area contributed by atoms with E-state index in [-0.39, 0.29) is 0 Å². The zero-order chi connectivity index (χ0) is 11.3. The standard InChI is InChI=1S/C10H16N2O3/c1-13-8-5-7(3-4-15-12)6-9(14-2)10(8)11/h5-6H,3-4,11-12H2,1-2H3. The summed E-state index contributed by atoms with van der Waals surface area (Å²) in [7, 11) is 3.13. The smallest absolute Gasteiger partial charge is 0.145 e. The van der Waals surface area contributed by atoms with Crippen LogP contribution in [0.1, 0.15) is 5.56 Å². The van der Waals surface area contributed by atoms with Crippen molar-refractivity contribution in [2.45, 2.75) is 6.42 Å². The van der Waals surface area contributed by atoms with Crippen LogP contribution in [0.4, 0.5) is 5.69 Å². The lowest BCUT2D eigenvalue weighted by molar-refractivity contribution is 0.141. The van der Waals surface area contributed by atoms with Gasteiger partial charge in [-0.25, -0.2) is 5.90 Å². The summed E-state index contributed by atoms with van der Waals surface area (Å²) in [4.78, 5) is 4.51. The van der Waals surface area contributed by atoms with Crippen LogP contribution in [-0.4, -0.2) is 20.8 Å². The van der Waals surface area contributed by atoms with Crippen LogP contribution in [0, 0.1) is 0 Å². The summed E-state index contributed by atoms with van der Waals surface area (Å²) in [6, 6.07) is 3.69. The molecule has 15 heavy (non-hydrogen) atoms. The summed E-state index contributed by atoms with van der Waals surface area (Å²) in [5, 5.41) is 0. The first kappa shape index (κ1) is 11.6. The molecule has 1 aromatic rings. The fourth-order valence-corrected chi connectivity index (χ4v) is 1.31. The molecule has 0 aliphatic heterocycles. The van der Waals surface area contributed by atoms with Crippen molar-refractivity contribution in [2.24, 2.45) is 5.90 Å². The summed E-state index contributed by atoms with van der Waals surface area (Å²) in [5.41, 5.74) is 7.30. The molecule has 0 atom stereocenters. The summed E-state index contributed by atoms with van der Waals surface area (Å²) >= 11 is 0. The molecule has 0 spiro atoms. The first-order valence-corrected chi connectivity index (χ1v) is 4.55. The van der Waals surface area contributed by atoms with Gasteiger partial charge < -0.3 is 20.0 Å². The first-order valence-electron chi connectivity index (χ1n) is 4.55. The zero-order valence-corrected chi connectivity index (χ0v) is 8.95. The van der Waals surface area contributed by atoms with E-state index in [0.717, 1.165) is 5.56 Å². The maximum Gasteiger partial charge on any atom is 0.145 e. The molecule has 4 N–H and O–H groups in total. The van der Waals surface area contributed by atoms with Gasteiger partial charge in [-0.15, -0.1) is 0 Å². The van der Waals surface area contributed by atoms with E-state index >= 15 is 0 Å². The maximum atomic E-state index is 5.80. The average molecular weight is 212 g/mol. The largest absolute Gasteiger partial charge is 0.494 e. The van der Waals surface area contributed by atoms with E-state index in [2.05, 4.69) is 4.84 Å². The van der Waals surface area contributed by atoms with Gasteiger partial charge in [0.1, 0.15) is 17.2 Å². The van der Waals surface area contributed by atoms with Gasteiger partial charge >= 0.3 is 0 Å².